The van der Waals surface area contributed by atoms with Crippen molar-refractivity contribution < 1.29 is 44.7 Å². The first kappa shape index (κ1) is 35.7. The van der Waals surface area contributed by atoms with E-state index in [2.05, 4.69) is 13.8 Å². The molecule has 2 rings (SSSR count). The molecule has 2 aromatic carbocycles. The van der Waals surface area contributed by atoms with Gasteiger partial charge in [-0.25, -0.2) is 0 Å². The number of carboxylic acids is 2. The number of fused-ring (bicyclic) bond motifs is 1. The minimum Gasteiger partial charge on any atom is -0.507 e. The molecule has 0 spiro atoms. The van der Waals surface area contributed by atoms with Crippen LogP contribution in [-0.4, -0.2) is 49.5 Å². The SMILES string of the molecule is CC(=O)O.CC(=O)O.CCCCCCCCCC(CC)OC(C)=O.Oc1cc(O)c2ccccc2c1O. The van der Waals surface area contributed by atoms with Gasteiger partial charge in [0, 0.05) is 37.6 Å². The fourth-order valence-corrected chi connectivity index (χ4v) is 3.24. The smallest absolute Gasteiger partial charge is 0.302 e. The van der Waals surface area contributed by atoms with Gasteiger partial charge >= 0.3 is 5.97 Å². The van der Waals surface area contributed by atoms with Crippen LogP contribution in [0.2, 0.25) is 0 Å². The molecule has 9 nitrogen and oxygen atoms in total. The number of ether oxygens (including phenoxy) is 1. The molecule has 9 heteroatoms. The van der Waals surface area contributed by atoms with Gasteiger partial charge in [-0.15, -0.1) is 0 Å². The van der Waals surface area contributed by atoms with E-state index in [1.165, 1.54) is 51.9 Å². The van der Waals surface area contributed by atoms with Gasteiger partial charge in [-0.2, -0.15) is 0 Å². The van der Waals surface area contributed by atoms with E-state index in [-0.39, 0.29) is 29.3 Å². The molecule has 0 heterocycles. The van der Waals surface area contributed by atoms with E-state index >= 15 is 0 Å². The molecule has 210 valence electrons. The Hall–Kier alpha value is -3.49. The molecule has 0 saturated carbocycles. The van der Waals surface area contributed by atoms with Crippen molar-refractivity contribution in [3.8, 4) is 17.2 Å². The van der Waals surface area contributed by atoms with Crippen molar-refractivity contribution in [2.24, 2.45) is 0 Å². The zero-order valence-electron chi connectivity index (χ0n) is 22.7. The first-order chi connectivity index (χ1) is 17.4. The maximum atomic E-state index is 10.8. The van der Waals surface area contributed by atoms with Crippen molar-refractivity contribution in [1.82, 2.24) is 0 Å². The summed E-state index contributed by atoms with van der Waals surface area (Å²) in [7, 11) is 0. The number of aliphatic carboxylic acids is 2. The van der Waals surface area contributed by atoms with Crippen molar-refractivity contribution in [1.29, 1.82) is 0 Å². The van der Waals surface area contributed by atoms with E-state index < -0.39 is 11.9 Å². The molecule has 0 aromatic heterocycles. The molecular weight excluding hydrogens is 480 g/mol. The van der Waals surface area contributed by atoms with Crippen LogP contribution >= 0.6 is 0 Å². The number of aromatic hydroxyl groups is 3. The zero-order valence-corrected chi connectivity index (χ0v) is 22.7. The summed E-state index contributed by atoms with van der Waals surface area (Å²) >= 11 is 0. The molecule has 0 saturated heterocycles. The van der Waals surface area contributed by atoms with Crippen LogP contribution in [0.1, 0.15) is 92.4 Å². The van der Waals surface area contributed by atoms with Gasteiger partial charge in [-0.3, -0.25) is 14.4 Å². The normalized spacial score (nSPS) is 10.4. The Morgan fingerprint density at radius 1 is 0.757 bits per heavy atom. The van der Waals surface area contributed by atoms with Crippen molar-refractivity contribution in [3.05, 3.63) is 30.3 Å². The number of unbranched alkanes of at least 4 members (excludes halogenated alkanes) is 6. The summed E-state index contributed by atoms with van der Waals surface area (Å²) in [5, 5.41) is 43.8. The summed E-state index contributed by atoms with van der Waals surface area (Å²) in [6.45, 7) is 7.98. The lowest BCUT2D eigenvalue weighted by Crippen LogP contribution is -2.14. The van der Waals surface area contributed by atoms with Gasteiger partial charge in [0.1, 0.15) is 11.9 Å². The highest BCUT2D eigenvalue weighted by molar-refractivity contribution is 5.94. The highest BCUT2D eigenvalue weighted by Crippen LogP contribution is 2.38. The van der Waals surface area contributed by atoms with Gasteiger partial charge in [0.05, 0.1) is 0 Å². The van der Waals surface area contributed by atoms with Crippen molar-refractivity contribution in [3.63, 3.8) is 0 Å². The fourth-order valence-electron chi connectivity index (χ4n) is 3.24. The number of phenolic OH excluding ortho intramolecular Hbond substituents is 3. The average Bonchev–Trinajstić information content (AvgIpc) is 2.81. The molecule has 37 heavy (non-hydrogen) atoms. The Kier molecular flexibility index (Phi) is 21.0. The predicted octanol–water partition coefficient (Wildman–Crippen LogP) is 6.61. The number of hydrogen-bond donors (Lipinski definition) is 5. The second-order valence-electron chi connectivity index (χ2n) is 8.40. The summed E-state index contributed by atoms with van der Waals surface area (Å²) in [5.41, 5.74) is 0. The molecular formula is C28H44O9. The van der Waals surface area contributed by atoms with Crippen LogP contribution in [0.5, 0.6) is 17.2 Å². The molecule has 1 unspecified atom stereocenters. The number of esters is 1. The van der Waals surface area contributed by atoms with Crippen LogP contribution in [0.4, 0.5) is 0 Å². The lowest BCUT2D eigenvalue weighted by molar-refractivity contribution is -0.147. The lowest BCUT2D eigenvalue weighted by atomic mass is 10.1. The second-order valence-corrected chi connectivity index (χ2v) is 8.40. The molecule has 0 radical (unpaired) electrons. The molecule has 5 N–H and O–H groups in total. The first-order valence-corrected chi connectivity index (χ1v) is 12.6. The topological polar surface area (TPSA) is 162 Å². The van der Waals surface area contributed by atoms with Crippen LogP contribution in [-0.2, 0) is 19.1 Å². The Bertz CT molecular complexity index is 905. The van der Waals surface area contributed by atoms with E-state index in [0.717, 1.165) is 32.8 Å². The quantitative estimate of drug-likeness (QED) is 0.0996. The summed E-state index contributed by atoms with van der Waals surface area (Å²) < 4.78 is 5.21. The molecule has 0 aliphatic rings. The van der Waals surface area contributed by atoms with Crippen LogP contribution in [0.3, 0.4) is 0 Å². The molecule has 2 aromatic rings. The Balaban J connectivity index is 0. The van der Waals surface area contributed by atoms with Gasteiger partial charge in [0.25, 0.3) is 11.9 Å². The van der Waals surface area contributed by atoms with Crippen molar-refractivity contribution in [2.75, 3.05) is 0 Å². The van der Waals surface area contributed by atoms with E-state index in [4.69, 9.17) is 24.5 Å². The molecule has 0 bridgehead atoms. The summed E-state index contributed by atoms with van der Waals surface area (Å²) in [4.78, 5) is 28.8. The van der Waals surface area contributed by atoms with E-state index in [9.17, 15) is 20.1 Å². The number of hydrogen-bond acceptors (Lipinski definition) is 7. The Morgan fingerprint density at radius 2 is 1.22 bits per heavy atom. The second kappa shape index (κ2) is 21.8. The molecule has 0 fully saturated rings. The number of carbonyl (C=O) groups excluding carboxylic acids is 1. The predicted molar refractivity (Wildman–Crippen MR) is 144 cm³/mol. The number of phenols is 3. The monoisotopic (exact) mass is 524 g/mol. The number of benzene rings is 2. The summed E-state index contributed by atoms with van der Waals surface area (Å²) in [6, 6.07) is 7.89. The van der Waals surface area contributed by atoms with E-state index in [1.54, 1.807) is 24.3 Å². The molecule has 0 aliphatic heterocycles. The van der Waals surface area contributed by atoms with Gasteiger partial charge < -0.3 is 30.3 Å². The third-order valence-corrected chi connectivity index (χ3v) is 4.89. The van der Waals surface area contributed by atoms with Crippen molar-refractivity contribution >= 4 is 28.7 Å². The highest BCUT2D eigenvalue weighted by Gasteiger charge is 2.09. The van der Waals surface area contributed by atoms with Gasteiger partial charge in [0.15, 0.2) is 11.5 Å². The van der Waals surface area contributed by atoms with Crippen LogP contribution in [0, 0.1) is 0 Å². The summed E-state index contributed by atoms with van der Waals surface area (Å²) in [5.74, 6) is -2.36. The average molecular weight is 525 g/mol. The number of carbonyl (C=O) groups is 3. The minimum absolute atomic E-state index is 0.0362. The zero-order chi connectivity index (χ0) is 28.8. The van der Waals surface area contributed by atoms with E-state index in [1.807, 2.05) is 0 Å². The maximum absolute atomic E-state index is 10.8. The van der Waals surface area contributed by atoms with Gasteiger partial charge in [-0.05, 0) is 19.3 Å². The Labute approximate surface area is 219 Å². The van der Waals surface area contributed by atoms with Crippen LogP contribution in [0.15, 0.2) is 30.3 Å². The molecule has 1 atom stereocenters. The molecule has 0 amide bonds. The third-order valence-electron chi connectivity index (χ3n) is 4.89. The first-order valence-electron chi connectivity index (χ1n) is 12.6. The lowest BCUT2D eigenvalue weighted by Gasteiger charge is -2.14. The largest absolute Gasteiger partial charge is 0.507 e. The van der Waals surface area contributed by atoms with Crippen LogP contribution in [0.25, 0.3) is 10.8 Å². The van der Waals surface area contributed by atoms with Crippen molar-refractivity contribution in [2.45, 2.75) is 98.5 Å². The fraction of sp³-hybridized carbons (Fsp3) is 0.536. The van der Waals surface area contributed by atoms with Crippen LogP contribution < -0.4 is 0 Å². The highest BCUT2D eigenvalue weighted by atomic mass is 16.5. The minimum atomic E-state index is -0.833. The molecule has 0 aliphatic carbocycles. The Morgan fingerprint density at radius 3 is 1.68 bits per heavy atom. The number of rotatable bonds is 10. The third kappa shape index (κ3) is 20.4. The number of carboxylic acid groups (broad SMARTS) is 2. The standard InChI is InChI=1S/C14H28O2.C10H8O3.2C2H4O2/c1-4-6-7-8-9-10-11-12-14(5-2)16-13(3)15;11-8-5-9(12)10(13)7-4-2-1-3-6(7)8;2*1-2(3)4/h14H,4-12H2,1-3H3;1-5,11-13H;2*1H3,(H,3,4). The van der Waals surface area contributed by atoms with Gasteiger partial charge in [0.2, 0.25) is 0 Å². The maximum Gasteiger partial charge on any atom is 0.302 e. The van der Waals surface area contributed by atoms with Gasteiger partial charge in [-0.1, -0.05) is 76.6 Å². The summed E-state index contributed by atoms with van der Waals surface area (Å²) in [6.07, 6.45) is 11.3. The van der Waals surface area contributed by atoms with E-state index in [0.29, 0.717) is 10.8 Å².